The molecule has 2 heterocycles. The molecule has 4 nitrogen and oxygen atoms in total. The lowest BCUT2D eigenvalue weighted by molar-refractivity contribution is -0.158. The van der Waals surface area contributed by atoms with Crippen LogP contribution in [0.4, 0.5) is 0 Å². The number of carboxylic acids is 1. The van der Waals surface area contributed by atoms with Crippen LogP contribution in [0, 0.1) is 5.41 Å². The number of hydrogen-bond donors (Lipinski definition) is 1. The number of nitrogens with zero attached hydrogens (tertiary/aromatic N) is 1. The predicted molar refractivity (Wildman–Crippen MR) is 49.0 cm³/mol. The van der Waals surface area contributed by atoms with Crippen LogP contribution in [0.15, 0.2) is 0 Å². The molecule has 1 atom stereocenters. The average Bonchev–Trinajstić information content (AvgIpc) is 2.74. The highest BCUT2D eigenvalue weighted by atomic mass is 16.5. The molecular formula is C10H15NO3. The van der Waals surface area contributed by atoms with Crippen LogP contribution in [-0.4, -0.2) is 47.8 Å². The number of carboxylic acid groups (broad SMARTS) is 1. The van der Waals surface area contributed by atoms with Crippen molar-refractivity contribution in [3.8, 4) is 0 Å². The zero-order chi connectivity index (χ0) is 9.81. The van der Waals surface area contributed by atoms with Gasteiger partial charge in [0.15, 0.2) is 0 Å². The lowest BCUT2D eigenvalue weighted by Gasteiger charge is -2.48. The van der Waals surface area contributed by atoms with Crippen LogP contribution in [0.25, 0.3) is 0 Å². The van der Waals surface area contributed by atoms with Crippen molar-refractivity contribution in [3.05, 3.63) is 0 Å². The van der Waals surface area contributed by atoms with E-state index in [1.807, 2.05) is 0 Å². The van der Waals surface area contributed by atoms with Crippen molar-refractivity contribution in [1.29, 1.82) is 0 Å². The van der Waals surface area contributed by atoms with Gasteiger partial charge in [-0.2, -0.15) is 0 Å². The first-order valence-electron chi connectivity index (χ1n) is 5.23. The van der Waals surface area contributed by atoms with Gasteiger partial charge in [0.2, 0.25) is 0 Å². The monoisotopic (exact) mass is 197 g/mol. The number of carbonyl (C=O) groups is 1. The lowest BCUT2D eigenvalue weighted by atomic mass is 9.86. The molecule has 0 aromatic rings. The van der Waals surface area contributed by atoms with Crippen LogP contribution in [-0.2, 0) is 9.53 Å². The Labute approximate surface area is 82.8 Å². The van der Waals surface area contributed by atoms with E-state index in [0.29, 0.717) is 25.0 Å². The zero-order valence-electron chi connectivity index (χ0n) is 8.16. The fraction of sp³-hybridized carbons (Fsp3) is 0.900. The van der Waals surface area contributed by atoms with E-state index < -0.39 is 11.5 Å². The molecule has 1 saturated carbocycles. The minimum absolute atomic E-state index is 0.373. The second-order valence-electron chi connectivity index (χ2n) is 5.00. The minimum Gasteiger partial charge on any atom is -0.480 e. The van der Waals surface area contributed by atoms with Gasteiger partial charge in [-0.15, -0.1) is 0 Å². The molecule has 1 spiro atoms. The van der Waals surface area contributed by atoms with Crippen LogP contribution in [0.2, 0.25) is 0 Å². The molecule has 1 aliphatic carbocycles. The normalized spacial score (nSPS) is 39.7. The van der Waals surface area contributed by atoms with Crippen molar-refractivity contribution in [1.82, 2.24) is 4.90 Å². The van der Waals surface area contributed by atoms with Crippen molar-refractivity contribution in [2.45, 2.75) is 24.8 Å². The standard InChI is InChI=1S/C10H15NO3/c12-8(13)10(3-4-14-7-10)11-5-9(6-11)1-2-9/h1-7H2,(H,12,13). The van der Waals surface area contributed by atoms with Crippen molar-refractivity contribution >= 4 is 5.97 Å². The van der Waals surface area contributed by atoms with Gasteiger partial charge in [0.1, 0.15) is 5.54 Å². The summed E-state index contributed by atoms with van der Waals surface area (Å²) < 4.78 is 5.24. The molecule has 1 N–H and O–H groups in total. The van der Waals surface area contributed by atoms with Crippen molar-refractivity contribution < 1.29 is 14.6 Å². The molecule has 0 aromatic carbocycles. The molecule has 1 unspecified atom stereocenters. The number of rotatable bonds is 2. The van der Waals surface area contributed by atoms with Gasteiger partial charge in [0.05, 0.1) is 6.61 Å². The zero-order valence-corrected chi connectivity index (χ0v) is 8.16. The van der Waals surface area contributed by atoms with E-state index in [1.54, 1.807) is 0 Å². The Kier molecular flexibility index (Phi) is 1.55. The van der Waals surface area contributed by atoms with Gasteiger partial charge in [-0.3, -0.25) is 9.69 Å². The SMILES string of the molecule is O=C(O)C1(N2CC3(CC3)C2)CCOC1. The van der Waals surface area contributed by atoms with Gasteiger partial charge in [-0.05, 0) is 18.3 Å². The summed E-state index contributed by atoms with van der Waals surface area (Å²) in [6, 6.07) is 0. The Morgan fingerprint density at radius 2 is 2.00 bits per heavy atom. The topological polar surface area (TPSA) is 49.8 Å². The summed E-state index contributed by atoms with van der Waals surface area (Å²) in [5.74, 6) is -0.703. The van der Waals surface area contributed by atoms with Crippen LogP contribution >= 0.6 is 0 Å². The number of aliphatic carboxylic acids is 1. The molecule has 0 aromatic heterocycles. The Morgan fingerprint density at radius 1 is 1.29 bits per heavy atom. The van der Waals surface area contributed by atoms with Gasteiger partial charge < -0.3 is 9.84 Å². The summed E-state index contributed by atoms with van der Waals surface area (Å²) in [5, 5.41) is 9.27. The van der Waals surface area contributed by atoms with E-state index in [4.69, 9.17) is 4.74 Å². The second kappa shape index (κ2) is 2.49. The maximum atomic E-state index is 11.3. The summed E-state index contributed by atoms with van der Waals surface area (Å²) in [5.41, 5.74) is -0.168. The smallest absolute Gasteiger partial charge is 0.326 e. The Morgan fingerprint density at radius 3 is 2.43 bits per heavy atom. The summed E-state index contributed by atoms with van der Waals surface area (Å²) in [4.78, 5) is 13.4. The molecule has 0 radical (unpaired) electrons. The summed E-state index contributed by atoms with van der Waals surface area (Å²) >= 11 is 0. The van der Waals surface area contributed by atoms with Crippen molar-refractivity contribution in [2.75, 3.05) is 26.3 Å². The number of hydrogen-bond acceptors (Lipinski definition) is 3. The minimum atomic E-state index is -0.703. The van der Waals surface area contributed by atoms with Crippen LogP contribution in [0.3, 0.4) is 0 Å². The van der Waals surface area contributed by atoms with E-state index in [2.05, 4.69) is 4.90 Å². The first-order valence-corrected chi connectivity index (χ1v) is 5.23. The molecule has 14 heavy (non-hydrogen) atoms. The largest absolute Gasteiger partial charge is 0.480 e. The fourth-order valence-corrected chi connectivity index (χ4v) is 2.67. The van der Waals surface area contributed by atoms with E-state index in [0.717, 1.165) is 13.1 Å². The molecule has 3 aliphatic rings. The fourth-order valence-electron chi connectivity index (χ4n) is 2.67. The Bertz CT molecular complexity index is 271. The number of likely N-dealkylation sites (tertiary alicyclic amines) is 1. The molecule has 2 aliphatic heterocycles. The molecule has 0 bridgehead atoms. The average molecular weight is 197 g/mol. The third-order valence-electron chi connectivity index (χ3n) is 4.01. The first-order chi connectivity index (χ1) is 6.67. The van der Waals surface area contributed by atoms with Crippen LogP contribution in [0.1, 0.15) is 19.3 Å². The molecular weight excluding hydrogens is 182 g/mol. The highest BCUT2D eigenvalue weighted by molar-refractivity contribution is 5.79. The predicted octanol–water partition coefficient (Wildman–Crippen LogP) is 0.326. The van der Waals surface area contributed by atoms with E-state index in [-0.39, 0.29) is 0 Å². The van der Waals surface area contributed by atoms with Crippen LogP contribution < -0.4 is 0 Å². The quantitative estimate of drug-likeness (QED) is 0.693. The lowest BCUT2D eigenvalue weighted by Crippen LogP contribution is -2.65. The molecule has 78 valence electrons. The van der Waals surface area contributed by atoms with Gasteiger partial charge in [0.25, 0.3) is 0 Å². The molecule has 4 heteroatoms. The molecule has 3 rings (SSSR count). The Hall–Kier alpha value is -0.610. The van der Waals surface area contributed by atoms with E-state index >= 15 is 0 Å². The summed E-state index contributed by atoms with van der Waals surface area (Å²) in [6.07, 6.45) is 3.23. The molecule has 0 amide bonds. The maximum absolute atomic E-state index is 11.3. The summed E-state index contributed by atoms with van der Waals surface area (Å²) in [6.45, 7) is 2.92. The molecule has 2 saturated heterocycles. The maximum Gasteiger partial charge on any atom is 0.326 e. The highest BCUT2D eigenvalue weighted by Crippen LogP contribution is 2.55. The van der Waals surface area contributed by atoms with Gasteiger partial charge >= 0.3 is 5.97 Å². The van der Waals surface area contributed by atoms with Gasteiger partial charge in [-0.25, -0.2) is 0 Å². The van der Waals surface area contributed by atoms with Gasteiger partial charge in [0, 0.05) is 26.1 Å². The van der Waals surface area contributed by atoms with Crippen molar-refractivity contribution in [2.24, 2.45) is 5.41 Å². The highest BCUT2D eigenvalue weighted by Gasteiger charge is 2.60. The Balaban J connectivity index is 1.76. The second-order valence-corrected chi connectivity index (χ2v) is 5.00. The van der Waals surface area contributed by atoms with Crippen molar-refractivity contribution in [3.63, 3.8) is 0 Å². The first kappa shape index (κ1) is 8.68. The van der Waals surface area contributed by atoms with E-state index in [9.17, 15) is 9.90 Å². The van der Waals surface area contributed by atoms with Gasteiger partial charge in [-0.1, -0.05) is 0 Å². The molecule has 3 fully saturated rings. The third kappa shape index (κ3) is 0.982. The van der Waals surface area contributed by atoms with E-state index in [1.165, 1.54) is 12.8 Å². The third-order valence-corrected chi connectivity index (χ3v) is 4.01. The van der Waals surface area contributed by atoms with Crippen LogP contribution in [0.5, 0.6) is 0 Å². The number of ether oxygens (including phenoxy) is 1. The summed E-state index contributed by atoms with van der Waals surface area (Å²) in [7, 11) is 0.